The van der Waals surface area contributed by atoms with Crippen LogP contribution in [0.2, 0.25) is 0 Å². The Balaban J connectivity index is 1.54. The predicted octanol–water partition coefficient (Wildman–Crippen LogP) is 3.26. The minimum Gasteiger partial charge on any atom is -0.368 e. The third kappa shape index (κ3) is 4.60. The van der Waals surface area contributed by atoms with Crippen LogP contribution in [0.5, 0.6) is 0 Å². The standard InChI is InChI=1S/C21H24F4N4O3S2/c1-13-12-27(16-5-4-14(22)11-15(16)21(23,24)25)9-10-29(13)34(31,32)19-7-6-18(33-19)28-8-2-3-17(28)20(26)30/h4-7,11,13,17H,2-3,8-10,12H2,1H3,(H2,26,30). The average molecular weight is 521 g/mol. The molecule has 2 aliphatic rings. The van der Waals surface area contributed by atoms with E-state index in [1.807, 2.05) is 0 Å². The molecule has 1 amide bonds. The smallest absolute Gasteiger partial charge is 0.368 e. The van der Waals surface area contributed by atoms with Crippen LogP contribution < -0.4 is 15.5 Å². The molecular formula is C21H24F4N4O3S2. The molecule has 2 fully saturated rings. The lowest BCUT2D eigenvalue weighted by molar-refractivity contribution is -0.137. The summed E-state index contributed by atoms with van der Waals surface area (Å²) < 4.78 is 81.8. The number of anilines is 2. The molecule has 4 rings (SSSR count). The largest absolute Gasteiger partial charge is 0.418 e. The highest BCUT2D eigenvalue weighted by molar-refractivity contribution is 7.91. The second-order valence-electron chi connectivity index (χ2n) is 8.42. The van der Waals surface area contributed by atoms with Crippen LogP contribution in [-0.2, 0) is 21.0 Å². The second-order valence-corrected chi connectivity index (χ2v) is 11.6. The van der Waals surface area contributed by atoms with Crippen molar-refractivity contribution >= 4 is 38.0 Å². The Hall–Kier alpha value is -2.38. The first-order valence-corrected chi connectivity index (χ1v) is 12.9. The Morgan fingerprint density at radius 3 is 2.53 bits per heavy atom. The zero-order valence-corrected chi connectivity index (χ0v) is 19.9. The topological polar surface area (TPSA) is 87.0 Å². The number of carbonyl (C=O) groups is 1. The maximum Gasteiger partial charge on any atom is 0.418 e. The molecule has 0 bridgehead atoms. The summed E-state index contributed by atoms with van der Waals surface area (Å²) in [5.74, 6) is -1.45. The van der Waals surface area contributed by atoms with Crippen molar-refractivity contribution in [1.82, 2.24) is 4.31 Å². The molecule has 0 saturated carbocycles. The number of hydrogen-bond acceptors (Lipinski definition) is 6. The molecule has 0 aliphatic carbocycles. The SMILES string of the molecule is CC1CN(c2ccc(F)cc2C(F)(F)F)CCN1S(=O)(=O)c1ccc(N2CCCC2C(N)=O)s1. The Bertz CT molecular complexity index is 1180. The maximum atomic E-state index is 13.5. The van der Waals surface area contributed by atoms with Gasteiger partial charge >= 0.3 is 6.18 Å². The number of piperazine rings is 1. The van der Waals surface area contributed by atoms with Crippen molar-refractivity contribution in [1.29, 1.82) is 0 Å². The predicted molar refractivity (Wildman–Crippen MR) is 121 cm³/mol. The van der Waals surface area contributed by atoms with Crippen molar-refractivity contribution in [3.05, 3.63) is 41.7 Å². The van der Waals surface area contributed by atoms with Gasteiger partial charge in [0.15, 0.2) is 0 Å². The van der Waals surface area contributed by atoms with Gasteiger partial charge < -0.3 is 15.5 Å². The molecule has 2 unspecified atom stereocenters. The van der Waals surface area contributed by atoms with Gasteiger partial charge in [0.25, 0.3) is 10.0 Å². The van der Waals surface area contributed by atoms with E-state index in [1.165, 1.54) is 15.3 Å². The Labute approximate surface area is 198 Å². The van der Waals surface area contributed by atoms with Crippen molar-refractivity contribution < 1.29 is 30.8 Å². The zero-order chi connectivity index (χ0) is 24.8. The van der Waals surface area contributed by atoms with Crippen LogP contribution in [0, 0.1) is 5.82 Å². The number of halogens is 4. The van der Waals surface area contributed by atoms with E-state index < -0.39 is 45.6 Å². The molecular weight excluding hydrogens is 496 g/mol. The van der Waals surface area contributed by atoms with E-state index in [2.05, 4.69) is 0 Å². The fourth-order valence-electron chi connectivity index (χ4n) is 4.57. The van der Waals surface area contributed by atoms with Gasteiger partial charge in [-0.2, -0.15) is 17.5 Å². The monoisotopic (exact) mass is 520 g/mol. The Kier molecular flexibility index (Phi) is 6.55. The van der Waals surface area contributed by atoms with Gasteiger partial charge in [0.05, 0.1) is 10.6 Å². The number of hydrogen-bond donors (Lipinski definition) is 1. The fraction of sp³-hybridized carbons (Fsp3) is 0.476. The molecule has 0 radical (unpaired) electrons. The van der Waals surface area contributed by atoms with Gasteiger partial charge in [-0.15, -0.1) is 11.3 Å². The highest BCUT2D eigenvalue weighted by Gasteiger charge is 2.40. The summed E-state index contributed by atoms with van der Waals surface area (Å²) in [5.41, 5.74) is 4.19. The van der Waals surface area contributed by atoms with Gasteiger partial charge in [-0.05, 0) is 50.1 Å². The quantitative estimate of drug-likeness (QED) is 0.612. The lowest BCUT2D eigenvalue weighted by atomic mass is 10.1. The van der Waals surface area contributed by atoms with Gasteiger partial charge in [0.2, 0.25) is 5.91 Å². The zero-order valence-electron chi connectivity index (χ0n) is 18.3. The maximum absolute atomic E-state index is 13.5. The molecule has 2 atom stereocenters. The van der Waals surface area contributed by atoms with E-state index in [0.29, 0.717) is 24.0 Å². The van der Waals surface area contributed by atoms with E-state index in [0.717, 1.165) is 29.9 Å². The van der Waals surface area contributed by atoms with Gasteiger partial charge in [0, 0.05) is 37.9 Å². The number of thiophene rings is 1. The number of amides is 1. The molecule has 1 aromatic carbocycles. The number of benzene rings is 1. The van der Waals surface area contributed by atoms with Crippen LogP contribution >= 0.6 is 11.3 Å². The fourth-order valence-corrected chi connectivity index (χ4v) is 7.69. The average Bonchev–Trinajstić information content (AvgIpc) is 3.42. The van der Waals surface area contributed by atoms with Crippen molar-refractivity contribution in [3.63, 3.8) is 0 Å². The highest BCUT2D eigenvalue weighted by Crippen LogP contribution is 2.39. The Morgan fingerprint density at radius 2 is 1.88 bits per heavy atom. The van der Waals surface area contributed by atoms with Crippen LogP contribution in [0.4, 0.5) is 28.3 Å². The van der Waals surface area contributed by atoms with Crippen molar-refractivity contribution in [3.8, 4) is 0 Å². The number of alkyl halides is 3. The molecule has 3 heterocycles. The van der Waals surface area contributed by atoms with E-state index in [9.17, 15) is 30.8 Å². The van der Waals surface area contributed by atoms with Crippen molar-refractivity contribution in [2.24, 2.45) is 5.73 Å². The number of nitrogens with zero attached hydrogens (tertiary/aromatic N) is 3. The van der Waals surface area contributed by atoms with Gasteiger partial charge in [-0.3, -0.25) is 4.79 Å². The first kappa shape index (κ1) is 24.7. The minimum absolute atomic E-state index is 0.0159. The van der Waals surface area contributed by atoms with Gasteiger partial charge in [-0.1, -0.05) is 0 Å². The van der Waals surface area contributed by atoms with Crippen LogP contribution in [0.25, 0.3) is 0 Å². The first-order chi connectivity index (χ1) is 15.9. The molecule has 34 heavy (non-hydrogen) atoms. The number of nitrogens with two attached hydrogens (primary N) is 1. The van der Waals surface area contributed by atoms with Crippen LogP contribution in [0.1, 0.15) is 25.3 Å². The summed E-state index contributed by atoms with van der Waals surface area (Å²) in [4.78, 5) is 14.9. The van der Waals surface area contributed by atoms with Gasteiger partial charge in [-0.25, -0.2) is 12.8 Å². The summed E-state index contributed by atoms with van der Waals surface area (Å²) in [6.45, 7) is 2.23. The summed E-state index contributed by atoms with van der Waals surface area (Å²) in [5, 5.41) is 0.632. The van der Waals surface area contributed by atoms with E-state index in [1.54, 1.807) is 17.9 Å². The summed E-state index contributed by atoms with van der Waals surface area (Å²) in [7, 11) is -3.91. The van der Waals surface area contributed by atoms with Crippen LogP contribution in [-0.4, -0.2) is 56.9 Å². The van der Waals surface area contributed by atoms with E-state index in [4.69, 9.17) is 5.73 Å². The summed E-state index contributed by atoms with van der Waals surface area (Å²) in [6.07, 6.45) is -3.36. The molecule has 2 aromatic rings. The normalized spacial score (nSPS) is 22.4. The van der Waals surface area contributed by atoms with Gasteiger partial charge in [0.1, 0.15) is 16.1 Å². The number of carbonyl (C=O) groups excluding carboxylic acids is 1. The lowest BCUT2D eigenvalue weighted by Gasteiger charge is -2.40. The number of rotatable bonds is 5. The molecule has 7 nitrogen and oxygen atoms in total. The summed E-state index contributed by atoms with van der Waals surface area (Å²) in [6, 6.07) is 4.51. The van der Waals surface area contributed by atoms with Crippen LogP contribution in [0.3, 0.4) is 0 Å². The van der Waals surface area contributed by atoms with E-state index in [-0.39, 0.29) is 29.5 Å². The van der Waals surface area contributed by atoms with Crippen molar-refractivity contribution in [2.75, 3.05) is 36.0 Å². The van der Waals surface area contributed by atoms with Crippen LogP contribution in [0.15, 0.2) is 34.5 Å². The molecule has 2 N–H and O–H groups in total. The number of sulfonamides is 1. The first-order valence-electron chi connectivity index (χ1n) is 10.7. The minimum atomic E-state index is -4.74. The van der Waals surface area contributed by atoms with E-state index >= 15 is 0 Å². The molecule has 1 aromatic heterocycles. The third-order valence-corrected chi connectivity index (χ3v) is 9.77. The molecule has 13 heteroatoms. The molecule has 2 aliphatic heterocycles. The second kappa shape index (κ2) is 9.00. The lowest BCUT2D eigenvalue weighted by Crippen LogP contribution is -2.54. The highest BCUT2D eigenvalue weighted by atomic mass is 32.2. The molecule has 0 spiro atoms. The molecule has 2 saturated heterocycles. The van der Waals surface area contributed by atoms with Crippen molar-refractivity contribution in [2.45, 2.75) is 42.2 Å². The Morgan fingerprint density at radius 1 is 1.15 bits per heavy atom. The summed E-state index contributed by atoms with van der Waals surface area (Å²) >= 11 is 1.04. The molecule has 186 valence electrons. The number of primary amides is 1. The third-order valence-electron chi connectivity index (χ3n) is 6.17.